The largest absolute Gasteiger partial charge is 0.388 e. The van der Waals surface area contributed by atoms with Gasteiger partial charge in [0.05, 0.1) is 11.6 Å². The minimum absolute atomic E-state index is 0.248. The molecule has 0 amide bonds. The molecule has 2 aromatic carbocycles. The molecule has 0 spiro atoms. The maximum atomic E-state index is 13.1. The van der Waals surface area contributed by atoms with Crippen LogP contribution in [-0.2, 0) is 6.42 Å². The van der Waals surface area contributed by atoms with Crippen molar-refractivity contribution in [1.82, 2.24) is 4.98 Å². The Balaban J connectivity index is 1.87. The van der Waals surface area contributed by atoms with Crippen LogP contribution in [0.1, 0.15) is 22.8 Å². The van der Waals surface area contributed by atoms with E-state index in [-0.39, 0.29) is 5.82 Å². The summed E-state index contributed by atoms with van der Waals surface area (Å²) in [7, 11) is 0. The van der Waals surface area contributed by atoms with E-state index in [1.54, 1.807) is 12.3 Å². The molecule has 3 heteroatoms. The molecule has 1 unspecified atom stereocenters. The van der Waals surface area contributed by atoms with Crippen molar-refractivity contribution in [2.24, 2.45) is 0 Å². The first kappa shape index (κ1) is 13.7. The maximum Gasteiger partial charge on any atom is 0.123 e. The van der Waals surface area contributed by atoms with E-state index in [2.05, 4.69) is 4.98 Å². The van der Waals surface area contributed by atoms with Crippen LogP contribution in [0.3, 0.4) is 0 Å². The van der Waals surface area contributed by atoms with Gasteiger partial charge in [0, 0.05) is 18.0 Å². The summed E-state index contributed by atoms with van der Waals surface area (Å²) in [4.78, 5) is 4.27. The van der Waals surface area contributed by atoms with Crippen molar-refractivity contribution in [1.29, 1.82) is 0 Å². The van der Waals surface area contributed by atoms with Crippen LogP contribution in [-0.4, -0.2) is 10.1 Å². The summed E-state index contributed by atoms with van der Waals surface area (Å²) >= 11 is 0. The number of nitrogens with zero attached hydrogens (tertiary/aromatic N) is 1. The molecular weight excluding hydrogens is 265 g/mol. The van der Waals surface area contributed by atoms with Gasteiger partial charge in [-0.3, -0.25) is 4.98 Å². The highest BCUT2D eigenvalue weighted by molar-refractivity contribution is 5.79. The molecular formula is C18H16FNO. The molecule has 0 fully saturated rings. The molecule has 3 rings (SSSR count). The number of aliphatic hydroxyl groups excluding tert-OH is 1. The maximum absolute atomic E-state index is 13.1. The fraction of sp³-hybridized carbons (Fsp3) is 0.167. The van der Waals surface area contributed by atoms with Crippen molar-refractivity contribution in [2.75, 3.05) is 0 Å². The summed E-state index contributed by atoms with van der Waals surface area (Å²) in [5.41, 5.74) is 3.57. The molecule has 0 bridgehead atoms. The van der Waals surface area contributed by atoms with Crippen LogP contribution in [0.5, 0.6) is 0 Å². The Morgan fingerprint density at radius 3 is 2.81 bits per heavy atom. The molecule has 3 aromatic rings. The van der Waals surface area contributed by atoms with Gasteiger partial charge in [-0.25, -0.2) is 4.39 Å². The number of aliphatic hydroxyl groups is 1. The van der Waals surface area contributed by atoms with Crippen LogP contribution in [0.25, 0.3) is 10.9 Å². The predicted octanol–water partition coefficient (Wildman–Crippen LogP) is 3.96. The summed E-state index contributed by atoms with van der Waals surface area (Å²) in [5.74, 6) is -0.248. The van der Waals surface area contributed by atoms with Crippen molar-refractivity contribution in [3.63, 3.8) is 0 Å². The molecule has 0 saturated heterocycles. The molecule has 0 aliphatic carbocycles. The molecule has 0 saturated carbocycles. The van der Waals surface area contributed by atoms with E-state index < -0.39 is 6.10 Å². The first-order valence-corrected chi connectivity index (χ1v) is 6.91. The zero-order valence-electron chi connectivity index (χ0n) is 11.8. The standard InChI is InChI=1S/C18H16FNO/c1-12-9-16(19)6-4-13(12)11-18(21)15-5-7-17-14(10-15)3-2-8-20-17/h2-10,18,21H,11H2,1H3. The van der Waals surface area contributed by atoms with E-state index in [0.717, 1.165) is 27.6 Å². The number of fused-ring (bicyclic) bond motifs is 1. The Morgan fingerprint density at radius 1 is 1.14 bits per heavy atom. The molecule has 106 valence electrons. The second-order valence-corrected chi connectivity index (χ2v) is 5.25. The SMILES string of the molecule is Cc1cc(F)ccc1CC(O)c1ccc2ncccc2c1. The lowest BCUT2D eigenvalue weighted by atomic mass is 9.97. The van der Waals surface area contributed by atoms with Crippen LogP contribution < -0.4 is 0 Å². The van der Waals surface area contributed by atoms with Gasteiger partial charge in [0.15, 0.2) is 0 Å². The average Bonchev–Trinajstić information content (AvgIpc) is 2.49. The van der Waals surface area contributed by atoms with E-state index in [1.165, 1.54) is 12.1 Å². The molecule has 1 N–H and O–H groups in total. The monoisotopic (exact) mass is 281 g/mol. The Kier molecular flexibility index (Phi) is 3.67. The number of hydrogen-bond acceptors (Lipinski definition) is 2. The molecule has 1 aromatic heterocycles. The van der Waals surface area contributed by atoms with E-state index in [0.29, 0.717) is 6.42 Å². The van der Waals surface area contributed by atoms with Crippen LogP contribution >= 0.6 is 0 Å². The summed E-state index contributed by atoms with van der Waals surface area (Å²) in [6, 6.07) is 14.3. The van der Waals surface area contributed by atoms with Crippen LogP contribution in [0, 0.1) is 12.7 Å². The van der Waals surface area contributed by atoms with Crippen molar-refractivity contribution in [2.45, 2.75) is 19.4 Å². The van der Waals surface area contributed by atoms with Crippen LogP contribution in [0.4, 0.5) is 4.39 Å². The van der Waals surface area contributed by atoms with Gasteiger partial charge in [0.25, 0.3) is 0 Å². The topological polar surface area (TPSA) is 33.1 Å². The third kappa shape index (κ3) is 2.93. The number of halogens is 1. The third-order valence-corrected chi connectivity index (χ3v) is 3.73. The lowest BCUT2D eigenvalue weighted by Gasteiger charge is -2.13. The highest BCUT2D eigenvalue weighted by Gasteiger charge is 2.11. The quantitative estimate of drug-likeness (QED) is 0.788. The minimum Gasteiger partial charge on any atom is -0.388 e. The lowest BCUT2D eigenvalue weighted by molar-refractivity contribution is 0.178. The van der Waals surface area contributed by atoms with Crippen molar-refractivity contribution >= 4 is 10.9 Å². The number of pyridine rings is 1. The van der Waals surface area contributed by atoms with Gasteiger partial charge in [-0.15, -0.1) is 0 Å². The highest BCUT2D eigenvalue weighted by atomic mass is 19.1. The minimum atomic E-state index is -0.612. The van der Waals surface area contributed by atoms with Crippen molar-refractivity contribution < 1.29 is 9.50 Å². The van der Waals surface area contributed by atoms with Gasteiger partial charge < -0.3 is 5.11 Å². The molecule has 0 aliphatic rings. The second kappa shape index (κ2) is 5.62. The molecule has 1 atom stereocenters. The summed E-state index contributed by atoms with van der Waals surface area (Å²) in [5, 5.41) is 11.4. The average molecular weight is 281 g/mol. The normalized spacial score (nSPS) is 12.5. The zero-order valence-corrected chi connectivity index (χ0v) is 11.8. The number of hydrogen-bond donors (Lipinski definition) is 1. The smallest absolute Gasteiger partial charge is 0.123 e. The van der Waals surface area contributed by atoms with E-state index in [9.17, 15) is 9.50 Å². The fourth-order valence-electron chi connectivity index (χ4n) is 2.52. The van der Waals surface area contributed by atoms with E-state index in [4.69, 9.17) is 0 Å². The Morgan fingerprint density at radius 2 is 2.00 bits per heavy atom. The predicted molar refractivity (Wildman–Crippen MR) is 81.5 cm³/mol. The Hall–Kier alpha value is -2.26. The van der Waals surface area contributed by atoms with Gasteiger partial charge in [-0.1, -0.05) is 18.2 Å². The molecule has 21 heavy (non-hydrogen) atoms. The van der Waals surface area contributed by atoms with Crippen LogP contribution in [0.15, 0.2) is 54.7 Å². The first-order valence-electron chi connectivity index (χ1n) is 6.91. The zero-order chi connectivity index (χ0) is 14.8. The van der Waals surface area contributed by atoms with Crippen molar-refractivity contribution in [3.05, 3.63) is 77.2 Å². The summed E-state index contributed by atoms with van der Waals surface area (Å²) < 4.78 is 13.1. The number of aromatic nitrogens is 1. The number of aryl methyl sites for hydroxylation is 1. The second-order valence-electron chi connectivity index (χ2n) is 5.25. The Labute approximate surface area is 122 Å². The molecule has 0 aliphatic heterocycles. The first-order chi connectivity index (χ1) is 10.1. The van der Waals surface area contributed by atoms with Gasteiger partial charge in [-0.05, 0) is 53.9 Å². The number of benzene rings is 2. The van der Waals surface area contributed by atoms with Gasteiger partial charge in [0.1, 0.15) is 5.82 Å². The van der Waals surface area contributed by atoms with Gasteiger partial charge in [-0.2, -0.15) is 0 Å². The third-order valence-electron chi connectivity index (χ3n) is 3.73. The van der Waals surface area contributed by atoms with Gasteiger partial charge >= 0.3 is 0 Å². The molecule has 1 heterocycles. The number of rotatable bonds is 3. The van der Waals surface area contributed by atoms with Gasteiger partial charge in [0.2, 0.25) is 0 Å². The Bertz CT molecular complexity index is 785. The molecule has 0 radical (unpaired) electrons. The van der Waals surface area contributed by atoms with E-state index in [1.807, 2.05) is 37.3 Å². The van der Waals surface area contributed by atoms with E-state index >= 15 is 0 Å². The van der Waals surface area contributed by atoms with Crippen molar-refractivity contribution in [3.8, 4) is 0 Å². The van der Waals surface area contributed by atoms with Crippen LogP contribution in [0.2, 0.25) is 0 Å². The highest BCUT2D eigenvalue weighted by Crippen LogP contribution is 2.23. The summed E-state index contributed by atoms with van der Waals surface area (Å²) in [6.07, 6.45) is 1.61. The summed E-state index contributed by atoms with van der Waals surface area (Å²) in [6.45, 7) is 1.86. The molecule has 2 nitrogen and oxygen atoms in total. The lowest BCUT2D eigenvalue weighted by Crippen LogP contribution is -2.03. The fourth-order valence-corrected chi connectivity index (χ4v) is 2.52.